The van der Waals surface area contributed by atoms with E-state index in [1.54, 1.807) is 24.3 Å². The van der Waals surface area contributed by atoms with Crippen molar-refractivity contribution in [2.75, 3.05) is 6.54 Å². The molecule has 3 nitrogen and oxygen atoms in total. The molecule has 0 amide bonds. The predicted molar refractivity (Wildman–Crippen MR) is 140 cm³/mol. The van der Waals surface area contributed by atoms with E-state index in [4.69, 9.17) is 0 Å². The van der Waals surface area contributed by atoms with Gasteiger partial charge in [0, 0.05) is 12.0 Å². The van der Waals surface area contributed by atoms with Crippen molar-refractivity contribution in [2.24, 2.45) is 23.2 Å². The fourth-order valence-electron chi connectivity index (χ4n) is 7.02. The standard InChI is InChI=1S/C31H30F5N3/c1-30-15-20-17-38-39(24-8-6-22(32)7-9-24)29(20)14-21(30)5-10-25-26(28(31(34,35)36)12-11-27(25)30)18-37-16-19-3-2-4-23(33)13-19/h2-4,6-9,11,13-14,17,25-26,28,37H,5,10,12,15-16,18H2,1H3/t25?,26-,28?,30?/m1/s1. The molecule has 0 saturated heterocycles. The number of allylic oxidation sites excluding steroid dienone is 3. The second kappa shape index (κ2) is 9.73. The van der Waals surface area contributed by atoms with Gasteiger partial charge in [-0.1, -0.05) is 36.3 Å². The van der Waals surface area contributed by atoms with Crippen LogP contribution in [0.2, 0.25) is 0 Å². The molecule has 3 aliphatic rings. The van der Waals surface area contributed by atoms with Crippen molar-refractivity contribution >= 4 is 6.08 Å². The molecule has 39 heavy (non-hydrogen) atoms. The highest BCUT2D eigenvalue weighted by Crippen LogP contribution is 2.58. The van der Waals surface area contributed by atoms with E-state index in [0.29, 0.717) is 31.4 Å². The highest BCUT2D eigenvalue weighted by molar-refractivity contribution is 5.63. The zero-order valence-electron chi connectivity index (χ0n) is 21.6. The van der Waals surface area contributed by atoms with E-state index < -0.39 is 18.0 Å². The van der Waals surface area contributed by atoms with Gasteiger partial charge in [-0.2, -0.15) is 18.3 Å². The summed E-state index contributed by atoms with van der Waals surface area (Å²) in [6, 6.07) is 12.3. The van der Waals surface area contributed by atoms with Crippen LogP contribution in [0, 0.1) is 34.8 Å². The molecular weight excluding hydrogens is 509 g/mol. The summed E-state index contributed by atoms with van der Waals surface area (Å²) in [5, 5.41) is 7.78. The summed E-state index contributed by atoms with van der Waals surface area (Å²) in [7, 11) is 0. The number of halogens is 5. The van der Waals surface area contributed by atoms with Crippen molar-refractivity contribution in [3.05, 3.63) is 100 Å². The summed E-state index contributed by atoms with van der Waals surface area (Å²) in [4.78, 5) is 0. The molecule has 1 N–H and O–H groups in total. The van der Waals surface area contributed by atoms with E-state index in [9.17, 15) is 22.0 Å². The van der Waals surface area contributed by atoms with Crippen molar-refractivity contribution in [1.82, 2.24) is 15.1 Å². The molecule has 4 atom stereocenters. The maximum atomic E-state index is 14.2. The van der Waals surface area contributed by atoms with Gasteiger partial charge in [-0.05, 0) is 97.7 Å². The highest BCUT2D eigenvalue weighted by Gasteiger charge is 2.54. The van der Waals surface area contributed by atoms with Crippen LogP contribution in [-0.2, 0) is 13.0 Å². The minimum Gasteiger partial charge on any atom is -0.312 e. The Morgan fingerprint density at radius 2 is 1.87 bits per heavy atom. The number of hydrogen-bond acceptors (Lipinski definition) is 2. The van der Waals surface area contributed by atoms with Crippen molar-refractivity contribution < 1.29 is 22.0 Å². The van der Waals surface area contributed by atoms with Crippen molar-refractivity contribution in [3.8, 4) is 5.69 Å². The quantitative estimate of drug-likeness (QED) is 0.270. The Morgan fingerprint density at radius 1 is 1.08 bits per heavy atom. The summed E-state index contributed by atoms with van der Waals surface area (Å²) in [6.07, 6.45) is 3.50. The first kappa shape index (κ1) is 26.0. The maximum Gasteiger partial charge on any atom is 0.392 e. The number of rotatable bonds is 5. The molecule has 3 aliphatic carbocycles. The molecule has 0 radical (unpaired) electrons. The monoisotopic (exact) mass is 539 g/mol. The van der Waals surface area contributed by atoms with Crippen LogP contribution in [0.25, 0.3) is 11.8 Å². The lowest BCUT2D eigenvalue weighted by atomic mass is 9.54. The molecule has 3 unspecified atom stereocenters. The van der Waals surface area contributed by atoms with Gasteiger partial charge in [0.15, 0.2) is 0 Å². The third kappa shape index (κ3) is 4.73. The molecule has 8 heteroatoms. The summed E-state index contributed by atoms with van der Waals surface area (Å²) in [5.41, 5.74) is 5.39. The Morgan fingerprint density at radius 3 is 2.62 bits per heavy atom. The van der Waals surface area contributed by atoms with E-state index in [1.807, 2.05) is 17.0 Å². The molecule has 3 aromatic rings. The number of nitrogens with one attached hydrogen (secondary N) is 1. The zero-order valence-corrected chi connectivity index (χ0v) is 21.6. The number of hydrogen-bond donors (Lipinski definition) is 1. The molecule has 1 heterocycles. The lowest BCUT2D eigenvalue weighted by Gasteiger charge is -2.51. The van der Waals surface area contributed by atoms with Crippen molar-refractivity contribution in [2.45, 2.75) is 45.3 Å². The second-order valence-corrected chi connectivity index (χ2v) is 11.2. The van der Waals surface area contributed by atoms with Gasteiger partial charge in [0.05, 0.1) is 23.5 Å². The molecular formula is C31H30F5N3. The fourth-order valence-corrected chi connectivity index (χ4v) is 7.02. The minimum atomic E-state index is -4.29. The first-order valence-corrected chi connectivity index (χ1v) is 13.4. The van der Waals surface area contributed by atoms with E-state index in [2.05, 4.69) is 23.4 Å². The Kier molecular flexibility index (Phi) is 6.49. The predicted octanol–water partition coefficient (Wildman–Crippen LogP) is 7.42. The molecule has 0 bridgehead atoms. The molecule has 204 valence electrons. The van der Waals surface area contributed by atoms with Gasteiger partial charge < -0.3 is 5.32 Å². The lowest BCUT2D eigenvalue weighted by molar-refractivity contribution is -0.194. The molecule has 2 aromatic carbocycles. The average Bonchev–Trinajstić information content (AvgIpc) is 3.29. The van der Waals surface area contributed by atoms with Gasteiger partial charge >= 0.3 is 6.18 Å². The van der Waals surface area contributed by atoms with E-state index >= 15 is 0 Å². The van der Waals surface area contributed by atoms with Crippen LogP contribution in [0.3, 0.4) is 0 Å². The largest absolute Gasteiger partial charge is 0.392 e. The smallest absolute Gasteiger partial charge is 0.312 e. The fraction of sp³-hybridized carbons (Fsp3) is 0.387. The Hall–Kier alpha value is -3.26. The number of fused-ring (bicyclic) bond motifs is 4. The third-order valence-electron chi connectivity index (χ3n) is 8.93. The lowest BCUT2D eigenvalue weighted by Crippen LogP contribution is -2.48. The molecule has 1 saturated carbocycles. The normalized spacial score (nSPS) is 26.3. The summed E-state index contributed by atoms with van der Waals surface area (Å²) in [5.74, 6) is -2.88. The Labute approximate surface area is 224 Å². The van der Waals surface area contributed by atoms with E-state index in [1.165, 1.54) is 29.8 Å². The first-order valence-electron chi connectivity index (χ1n) is 13.4. The van der Waals surface area contributed by atoms with Crippen LogP contribution >= 0.6 is 0 Å². The van der Waals surface area contributed by atoms with Crippen LogP contribution in [0.4, 0.5) is 22.0 Å². The van der Waals surface area contributed by atoms with Crippen LogP contribution in [-0.4, -0.2) is 22.5 Å². The summed E-state index contributed by atoms with van der Waals surface area (Å²) in [6.45, 7) is 2.69. The minimum absolute atomic E-state index is 0.0355. The van der Waals surface area contributed by atoms with Crippen LogP contribution in [0.15, 0.2) is 72.0 Å². The number of benzene rings is 2. The SMILES string of the molecule is CC12Cc3cnn(-c4ccc(F)cc4)c3C=C1CCC1C2=CCC(C(F)(F)F)[C@@H]1CNCc1cccc(F)c1. The molecule has 1 fully saturated rings. The van der Waals surface area contributed by atoms with E-state index in [0.717, 1.165) is 22.5 Å². The van der Waals surface area contributed by atoms with Crippen LogP contribution in [0.5, 0.6) is 0 Å². The highest BCUT2D eigenvalue weighted by atomic mass is 19.4. The topological polar surface area (TPSA) is 29.9 Å². The number of nitrogens with zero attached hydrogens (tertiary/aromatic N) is 2. The van der Waals surface area contributed by atoms with E-state index in [-0.39, 0.29) is 35.9 Å². The zero-order chi connectivity index (χ0) is 27.4. The maximum absolute atomic E-state index is 14.2. The summed E-state index contributed by atoms with van der Waals surface area (Å²) >= 11 is 0. The van der Waals surface area contributed by atoms with Crippen LogP contribution < -0.4 is 5.32 Å². The van der Waals surface area contributed by atoms with Gasteiger partial charge in [-0.25, -0.2) is 13.5 Å². The first-order chi connectivity index (χ1) is 18.6. The van der Waals surface area contributed by atoms with Gasteiger partial charge in [0.1, 0.15) is 11.6 Å². The average molecular weight is 540 g/mol. The number of alkyl halides is 3. The van der Waals surface area contributed by atoms with Gasteiger partial charge in [-0.3, -0.25) is 0 Å². The van der Waals surface area contributed by atoms with Crippen molar-refractivity contribution in [1.29, 1.82) is 0 Å². The molecule has 1 aromatic heterocycles. The van der Waals surface area contributed by atoms with Gasteiger partial charge in [0.2, 0.25) is 0 Å². The number of aromatic nitrogens is 2. The summed E-state index contributed by atoms with van der Waals surface area (Å²) < 4.78 is 71.5. The molecule has 0 spiro atoms. The third-order valence-corrected chi connectivity index (χ3v) is 8.93. The van der Waals surface area contributed by atoms with Crippen molar-refractivity contribution in [3.63, 3.8) is 0 Å². The second-order valence-electron chi connectivity index (χ2n) is 11.2. The van der Waals surface area contributed by atoms with Crippen LogP contribution in [0.1, 0.15) is 43.0 Å². The van der Waals surface area contributed by atoms with Gasteiger partial charge in [0.25, 0.3) is 0 Å². The Bertz CT molecular complexity index is 1440. The molecule has 0 aliphatic heterocycles. The van der Waals surface area contributed by atoms with Gasteiger partial charge in [-0.15, -0.1) is 0 Å². The molecule has 6 rings (SSSR count). The Balaban J connectivity index is 1.28.